The monoisotopic (exact) mass is 450 g/mol. The third kappa shape index (κ3) is 6.97. The first kappa shape index (κ1) is 23.1. The number of benzene rings is 2. The van der Waals surface area contributed by atoms with Crippen molar-refractivity contribution in [3.05, 3.63) is 60.3 Å². The summed E-state index contributed by atoms with van der Waals surface area (Å²) in [7, 11) is 0. The van der Waals surface area contributed by atoms with E-state index in [1.54, 1.807) is 0 Å². The predicted octanol–water partition coefficient (Wildman–Crippen LogP) is 4.19. The summed E-state index contributed by atoms with van der Waals surface area (Å²) in [5.41, 5.74) is 2.99. The topological polar surface area (TPSA) is 98.4 Å². The molecule has 0 radical (unpaired) electrons. The summed E-state index contributed by atoms with van der Waals surface area (Å²) in [4.78, 5) is 15.3. The molecule has 2 aromatic carbocycles. The number of aliphatic hydroxyl groups excluding tert-OH is 1. The SMILES string of the molecule is O=C(Nc1ccc(CCNC[C@H](O)COc2cccc3[nH]ccc23)cc1)NC1CCCCC1. The maximum Gasteiger partial charge on any atom is 0.319 e. The maximum atomic E-state index is 12.2. The molecule has 0 saturated heterocycles. The molecular weight excluding hydrogens is 416 g/mol. The molecule has 1 aliphatic carbocycles. The van der Waals surface area contributed by atoms with Crippen molar-refractivity contribution in [2.45, 2.75) is 50.7 Å². The number of nitrogens with one attached hydrogen (secondary N) is 4. The fourth-order valence-corrected chi connectivity index (χ4v) is 4.28. The Bertz CT molecular complexity index is 1010. The van der Waals surface area contributed by atoms with E-state index in [2.05, 4.69) is 20.9 Å². The molecule has 0 unspecified atom stereocenters. The van der Waals surface area contributed by atoms with E-state index in [0.717, 1.165) is 48.1 Å². The predicted molar refractivity (Wildman–Crippen MR) is 132 cm³/mol. The van der Waals surface area contributed by atoms with E-state index >= 15 is 0 Å². The van der Waals surface area contributed by atoms with Crippen molar-refractivity contribution in [1.29, 1.82) is 0 Å². The molecule has 0 bridgehead atoms. The van der Waals surface area contributed by atoms with Crippen LogP contribution in [0.1, 0.15) is 37.7 Å². The number of carbonyl (C=O) groups excluding carboxylic acids is 1. The van der Waals surface area contributed by atoms with Crippen molar-refractivity contribution in [3.8, 4) is 5.75 Å². The number of aromatic amines is 1. The number of hydrogen-bond acceptors (Lipinski definition) is 4. The lowest BCUT2D eigenvalue weighted by molar-refractivity contribution is 0.107. The maximum absolute atomic E-state index is 12.2. The van der Waals surface area contributed by atoms with Gasteiger partial charge in [-0.3, -0.25) is 0 Å². The Balaban J connectivity index is 1.12. The molecule has 7 heteroatoms. The van der Waals surface area contributed by atoms with Gasteiger partial charge in [-0.2, -0.15) is 0 Å². The van der Waals surface area contributed by atoms with Gasteiger partial charge in [-0.05, 0) is 61.7 Å². The number of urea groups is 1. The van der Waals surface area contributed by atoms with Crippen molar-refractivity contribution >= 4 is 22.6 Å². The fraction of sp³-hybridized carbons (Fsp3) is 0.423. The molecule has 3 aromatic rings. The van der Waals surface area contributed by atoms with Crippen molar-refractivity contribution in [3.63, 3.8) is 0 Å². The zero-order chi connectivity index (χ0) is 22.9. The van der Waals surface area contributed by atoms with Crippen molar-refractivity contribution < 1.29 is 14.6 Å². The second-order valence-corrected chi connectivity index (χ2v) is 8.74. The largest absolute Gasteiger partial charge is 0.490 e. The molecule has 0 aliphatic heterocycles. The highest BCUT2D eigenvalue weighted by Crippen LogP contribution is 2.24. The molecule has 1 aliphatic rings. The van der Waals surface area contributed by atoms with Crippen molar-refractivity contribution in [2.24, 2.45) is 0 Å². The summed E-state index contributed by atoms with van der Waals surface area (Å²) in [6.07, 6.45) is 7.94. The molecular formula is C26H34N4O3. The molecule has 1 heterocycles. The van der Waals surface area contributed by atoms with Gasteiger partial charge in [0.05, 0.1) is 0 Å². The lowest BCUT2D eigenvalue weighted by atomic mass is 9.96. The van der Waals surface area contributed by atoms with Crippen LogP contribution < -0.4 is 20.7 Å². The van der Waals surface area contributed by atoms with Crippen LogP contribution in [0.15, 0.2) is 54.7 Å². The van der Waals surface area contributed by atoms with Crippen LogP contribution >= 0.6 is 0 Å². The minimum atomic E-state index is -0.589. The average molecular weight is 451 g/mol. The van der Waals surface area contributed by atoms with E-state index < -0.39 is 6.10 Å². The highest BCUT2D eigenvalue weighted by molar-refractivity contribution is 5.89. The van der Waals surface area contributed by atoms with Gasteiger partial charge in [0.25, 0.3) is 0 Å². The third-order valence-corrected chi connectivity index (χ3v) is 6.11. The lowest BCUT2D eigenvalue weighted by Crippen LogP contribution is -2.39. The average Bonchev–Trinajstić information content (AvgIpc) is 3.32. The molecule has 0 spiro atoms. The Morgan fingerprint density at radius 2 is 1.91 bits per heavy atom. The smallest absolute Gasteiger partial charge is 0.319 e. The van der Waals surface area contributed by atoms with Gasteiger partial charge in [0.15, 0.2) is 0 Å². The van der Waals surface area contributed by atoms with E-state index in [1.165, 1.54) is 24.8 Å². The van der Waals surface area contributed by atoms with E-state index in [9.17, 15) is 9.90 Å². The Kier molecular flexibility index (Phi) is 8.22. The number of amides is 2. The molecule has 33 heavy (non-hydrogen) atoms. The Morgan fingerprint density at radius 1 is 1.09 bits per heavy atom. The Morgan fingerprint density at radius 3 is 2.73 bits per heavy atom. The van der Waals surface area contributed by atoms with Crippen LogP contribution in [-0.2, 0) is 6.42 Å². The number of ether oxygens (including phenoxy) is 1. The summed E-state index contributed by atoms with van der Waals surface area (Å²) >= 11 is 0. The molecule has 176 valence electrons. The minimum absolute atomic E-state index is 0.125. The number of carbonyl (C=O) groups is 1. The molecule has 1 aromatic heterocycles. The zero-order valence-corrected chi connectivity index (χ0v) is 19.0. The molecule has 5 N–H and O–H groups in total. The van der Waals surface area contributed by atoms with Crippen LogP contribution in [0.5, 0.6) is 5.75 Å². The molecule has 1 saturated carbocycles. The van der Waals surface area contributed by atoms with Crippen molar-refractivity contribution in [1.82, 2.24) is 15.6 Å². The number of hydrogen-bond donors (Lipinski definition) is 5. The number of H-pyrrole nitrogens is 1. The third-order valence-electron chi connectivity index (χ3n) is 6.11. The minimum Gasteiger partial charge on any atom is -0.490 e. The summed E-state index contributed by atoms with van der Waals surface area (Å²) in [6.45, 7) is 1.45. The second kappa shape index (κ2) is 11.7. The second-order valence-electron chi connectivity index (χ2n) is 8.74. The van der Waals surface area contributed by atoms with Gasteiger partial charge in [0.2, 0.25) is 0 Å². The summed E-state index contributed by atoms with van der Waals surface area (Å²) in [5.74, 6) is 0.772. The van der Waals surface area contributed by atoms with Gasteiger partial charge in [-0.15, -0.1) is 0 Å². The van der Waals surface area contributed by atoms with Crippen LogP contribution in [0, 0.1) is 0 Å². The van der Waals surface area contributed by atoms with Crippen LogP contribution in [0.25, 0.3) is 10.9 Å². The highest BCUT2D eigenvalue weighted by Gasteiger charge is 2.15. The van der Waals surface area contributed by atoms with E-state index in [4.69, 9.17) is 4.74 Å². The Labute approximate surface area is 194 Å². The highest BCUT2D eigenvalue weighted by atomic mass is 16.5. The van der Waals surface area contributed by atoms with E-state index in [0.29, 0.717) is 12.6 Å². The molecule has 1 fully saturated rings. The standard InChI is InChI=1S/C26H34N4O3/c31-22(18-33-25-8-4-7-24-23(25)14-16-28-24)17-27-15-13-19-9-11-21(12-10-19)30-26(32)29-20-5-2-1-3-6-20/h4,7-12,14,16,20,22,27-28,31H,1-3,5-6,13,15,17-18H2,(H2,29,30,32)/t22-/m0/s1. The first-order valence-corrected chi connectivity index (χ1v) is 11.9. The molecule has 1 atom stereocenters. The number of rotatable bonds is 10. The van der Waals surface area contributed by atoms with Gasteiger partial charge in [-0.1, -0.05) is 37.5 Å². The van der Waals surface area contributed by atoms with Gasteiger partial charge in [0, 0.05) is 35.4 Å². The zero-order valence-electron chi connectivity index (χ0n) is 19.0. The number of aliphatic hydroxyl groups is 1. The lowest BCUT2D eigenvalue weighted by Gasteiger charge is -2.22. The van der Waals surface area contributed by atoms with Gasteiger partial charge in [0.1, 0.15) is 18.5 Å². The summed E-state index contributed by atoms with van der Waals surface area (Å²) < 4.78 is 5.80. The Hall–Kier alpha value is -3.03. The summed E-state index contributed by atoms with van der Waals surface area (Å²) in [5, 5.41) is 20.5. The van der Waals surface area contributed by atoms with Gasteiger partial charge in [-0.25, -0.2) is 4.79 Å². The van der Waals surface area contributed by atoms with Crippen LogP contribution in [-0.4, -0.2) is 48.0 Å². The van der Waals surface area contributed by atoms with Crippen LogP contribution in [0.4, 0.5) is 10.5 Å². The quantitative estimate of drug-likeness (QED) is 0.299. The van der Waals surface area contributed by atoms with E-state index in [1.807, 2.05) is 54.7 Å². The number of aromatic nitrogens is 1. The fourth-order valence-electron chi connectivity index (χ4n) is 4.28. The van der Waals surface area contributed by atoms with Crippen molar-refractivity contribution in [2.75, 3.05) is 25.0 Å². The van der Waals surface area contributed by atoms with Gasteiger partial charge >= 0.3 is 6.03 Å². The first-order valence-electron chi connectivity index (χ1n) is 11.9. The summed E-state index contributed by atoms with van der Waals surface area (Å²) in [6, 6.07) is 15.9. The first-order chi connectivity index (χ1) is 16.2. The molecule has 2 amide bonds. The van der Waals surface area contributed by atoms with Crippen LogP contribution in [0.3, 0.4) is 0 Å². The normalized spacial score (nSPS) is 15.3. The van der Waals surface area contributed by atoms with E-state index in [-0.39, 0.29) is 12.6 Å². The molecule has 4 rings (SSSR count). The number of fused-ring (bicyclic) bond motifs is 1. The number of anilines is 1. The molecule has 7 nitrogen and oxygen atoms in total. The van der Waals surface area contributed by atoms with Gasteiger partial charge < -0.3 is 30.8 Å². The van der Waals surface area contributed by atoms with Crippen LogP contribution in [0.2, 0.25) is 0 Å².